The highest BCUT2D eigenvalue weighted by Gasteiger charge is 2.23. The number of pyridine rings is 1. The number of nitrogens with one attached hydrogen (secondary N) is 2. The van der Waals surface area contributed by atoms with E-state index < -0.39 is 0 Å². The standard InChI is InChI=1S/C18H22N4O2/c23-18(21-16-7-4-8-19-13-16)20-14-17(15-5-2-1-3-6-15)22-9-11-24-12-10-22/h1-8,13,17H,9-12,14H2,(H2,20,21,23). The van der Waals surface area contributed by atoms with Gasteiger partial charge in [-0.1, -0.05) is 30.3 Å². The van der Waals surface area contributed by atoms with Gasteiger partial charge in [0.1, 0.15) is 0 Å². The lowest BCUT2D eigenvalue weighted by Crippen LogP contribution is -2.44. The molecular formula is C18H22N4O2. The van der Waals surface area contributed by atoms with Gasteiger partial charge < -0.3 is 15.4 Å². The third-order valence-corrected chi connectivity index (χ3v) is 4.05. The van der Waals surface area contributed by atoms with Gasteiger partial charge in [0.05, 0.1) is 31.1 Å². The molecule has 0 radical (unpaired) electrons. The van der Waals surface area contributed by atoms with Crippen molar-refractivity contribution in [1.29, 1.82) is 0 Å². The number of carbonyl (C=O) groups excluding carboxylic acids is 1. The number of hydrogen-bond donors (Lipinski definition) is 2. The van der Waals surface area contributed by atoms with Crippen molar-refractivity contribution in [2.24, 2.45) is 0 Å². The van der Waals surface area contributed by atoms with Crippen molar-refractivity contribution in [3.8, 4) is 0 Å². The minimum absolute atomic E-state index is 0.134. The van der Waals surface area contributed by atoms with Crippen molar-refractivity contribution in [2.45, 2.75) is 6.04 Å². The molecule has 2 amide bonds. The number of amides is 2. The fraction of sp³-hybridized carbons (Fsp3) is 0.333. The van der Waals surface area contributed by atoms with Crippen molar-refractivity contribution in [3.05, 3.63) is 60.4 Å². The lowest BCUT2D eigenvalue weighted by Gasteiger charge is -2.34. The molecule has 2 N–H and O–H groups in total. The number of benzene rings is 1. The largest absolute Gasteiger partial charge is 0.379 e. The maximum Gasteiger partial charge on any atom is 0.319 e. The van der Waals surface area contributed by atoms with Crippen molar-refractivity contribution in [1.82, 2.24) is 15.2 Å². The molecule has 1 saturated heterocycles. The summed E-state index contributed by atoms with van der Waals surface area (Å²) < 4.78 is 5.44. The van der Waals surface area contributed by atoms with E-state index in [0.717, 1.165) is 26.3 Å². The van der Waals surface area contributed by atoms with Crippen molar-refractivity contribution in [2.75, 3.05) is 38.2 Å². The van der Waals surface area contributed by atoms with Crippen molar-refractivity contribution < 1.29 is 9.53 Å². The second-order valence-corrected chi connectivity index (χ2v) is 5.65. The third kappa shape index (κ3) is 4.53. The van der Waals surface area contributed by atoms with Gasteiger partial charge in [-0.05, 0) is 17.7 Å². The molecule has 6 heteroatoms. The van der Waals surface area contributed by atoms with E-state index in [0.29, 0.717) is 12.2 Å². The first-order valence-corrected chi connectivity index (χ1v) is 8.14. The summed E-state index contributed by atoms with van der Waals surface area (Å²) in [6.07, 6.45) is 3.29. The predicted molar refractivity (Wildman–Crippen MR) is 92.8 cm³/mol. The minimum atomic E-state index is -0.225. The Balaban J connectivity index is 1.62. The van der Waals surface area contributed by atoms with Crippen LogP contribution in [0.3, 0.4) is 0 Å². The number of carbonyl (C=O) groups is 1. The van der Waals surface area contributed by atoms with E-state index in [2.05, 4.69) is 32.7 Å². The van der Waals surface area contributed by atoms with Gasteiger partial charge in [0.15, 0.2) is 0 Å². The lowest BCUT2D eigenvalue weighted by atomic mass is 10.0. The van der Waals surface area contributed by atoms with E-state index in [1.807, 2.05) is 24.3 Å². The summed E-state index contributed by atoms with van der Waals surface area (Å²) in [5.41, 5.74) is 1.87. The van der Waals surface area contributed by atoms with Gasteiger partial charge in [-0.3, -0.25) is 9.88 Å². The van der Waals surface area contributed by atoms with E-state index >= 15 is 0 Å². The maximum absolute atomic E-state index is 12.1. The molecule has 1 aliphatic rings. The molecule has 1 unspecified atom stereocenters. The number of ether oxygens (including phenoxy) is 1. The number of rotatable bonds is 5. The molecule has 0 saturated carbocycles. The van der Waals surface area contributed by atoms with Gasteiger partial charge in [-0.25, -0.2) is 4.79 Å². The highest BCUT2D eigenvalue weighted by Crippen LogP contribution is 2.21. The third-order valence-electron chi connectivity index (χ3n) is 4.05. The van der Waals surface area contributed by atoms with Crippen LogP contribution in [-0.2, 0) is 4.74 Å². The summed E-state index contributed by atoms with van der Waals surface area (Å²) in [4.78, 5) is 18.5. The normalized spacial score (nSPS) is 16.3. The van der Waals surface area contributed by atoms with Crippen LogP contribution in [0.4, 0.5) is 10.5 Å². The van der Waals surface area contributed by atoms with Crippen LogP contribution in [0.2, 0.25) is 0 Å². The first-order chi connectivity index (χ1) is 11.8. The van der Waals surface area contributed by atoms with Gasteiger partial charge in [-0.2, -0.15) is 0 Å². The Hall–Kier alpha value is -2.44. The van der Waals surface area contributed by atoms with Crippen LogP contribution in [0, 0.1) is 0 Å². The molecule has 2 heterocycles. The zero-order valence-corrected chi connectivity index (χ0v) is 13.5. The number of urea groups is 1. The molecule has 0 bridgehead atoms. The lowest BCUT2D eigenvalue weighted by molar-refractivity contribution is 0.0168. The smallest absolute Gasteiger partial charge is 0.319 e. The molecule has 0 spiro atoms. The molecule has 1 fully saturated rings. The van der Waals surface area contributed by atoms with Crippen LogP contribution in [0.5, 0.6) is 0 Å². The van der Waals surface area contributed by atoms with Crippen LogP contribution in [0.15, 0.2) is 54.9 Å². The second kappa shape index (κ2) is 8.42. The van der Waals surface area contributed by atoms with Crippen molar-refractivity contribution in [3.63, 3.8) is 0 Å². The highest BCUT2D eigenvalue weighted by molar-refractivity contribution is 5.88. The zero-order chi connectivity index (χ0) is 16.6. The molecule has 0 aliphatic carbocycles. The Morgan fingerprint density at radius 1 is 1.17 bits per heavy atom. The Bertz CT molecular complexity index is 630. The summed E-state index contributed by atoms with van der Waals surface area (Å²) in [6.45, 7) is 3.73. The number of hydrogen-bond acceptors (Lipinski definition) is 4. The number of aromatic nitrogens is 1. The van der Waals surface area contributed by atoms with Crippen molar-refractivity contribution >= 4 is 11.7 Å². The van der Waals surface area contributed by atoms with Crippen LogP contribution in [0.1, 0.15) is 11.6 Å². The molecule has 1 atom stereocenters. The molecule has 1 aromatic heterocycles. The van der Waals surface area contributed by atoms with Gasteiger partial charge >= 0.3 is 6.03 Å². The van der Waals surface area contributed by atoms with Crippen LogP contribution >= 0.6 is 0 Å². The SMILES string of the molecule is O=C(NCC(c1ccccc1)N1CCOCC1)Nc1cccnc1. The Labute approximate surface area is 141 Å². The maximum atomic E-state index is 12.1. The van der Waals surface area contributed by atoms with E-state index in [9.17, 15) is 4.79 Å². The van der Waals surface area contributed by atoms with Gasteiger partial charge in [0.2, 0.25) is 0 Å². The Morgan fingerprint density at radius 3 is 2.67 bits per heavy atom. The predicted octanol–water partition coefficient (Wildman–Crippen LogP) is 2.28. The molecule has 1 aliphatic heterocycles. The molecule has 24 heavy (non-hydrogen) atoms. The summed E-state index contributed by atoms with van der Waals surface area (Å²) >= 11 is 0. The highest BCUT2D eigenvalue weighted by atomic mass is 16.5. The van der Waals surface area contributed by atoms with E-state index in [1.54, 1.807) is 18.5 Å². The summed E-state index contributed by atoms with van der Waals surface area (Å²) in [7, 11) is 0. The summed E-state index contributed by atoms with van der Waals surface area (Å²) in [5.74, 6) is 0. The second-order valence-electron chi connectivity index (χ2n) is 5.65. The van der Waals surface area contributed by atoms with E-state index in [4.69, 9.17) is 4.74 Å². The first kappa shape index (κ1) is 16.4. The van der Waals surface area contributed by atoms with E-state index in [1.165, 1.54) is 5.56 Å². The average molecular weight is 326 g/mol. The molecule has 126 valence electrons. The first-order valence-electron chi connectivity index (χ1n) is 8.14. The summed E-state index contributed by atoms with van der Waals surface area (Å²) in [5, 5.41) is 5.76. The number of nitrogens with zero attached hydrogens (tertiary/aromatic N) is 2. The minimum Gasteiger partial charge on any atom is -0.379 e. The quantitative estimate of drug-likeness (QED) is 0.885. The van der Waals surface area contributed by atoms with Crippen LogP contribution in [0.25, 0.3) is 0 Å². The monoisotopic (exact) mass is 326 g/mol. The molecular weight excluding hydrogens is 304 g/mol. The molecule has 2 aromatic rings. The fourth-order valence-corrected chi connectivity index (χ4v) is 2.82. The average Bonchev–Trinajstić information content (AvgIpc) is 2.64. The number of anilines is 1. The van der Waals surface area contributed by atoms with E-state index in [-0.39, 0.29) is 12.1 Å². The van der Waals surface area contributed by atoms with Crippen LogP contribution in [-0.4, -0.2) is 48.8 Å². The van der Waals surface area contributed by atoms with Crippen LogP contribution < -0.4 is 10.6 Å². The van der Waals surface area contributed by atoms with Gasteiger partial charge in [0, 0.05) is 25.8 Å². The van der Waals surface area contributed by atoms with Gasteiger partial charge in [-0.15, -0.1) is 0 Å². The molecule has 6 nitrogen and oxygen atoms in total. The molecule has 3 rings (SSSR count). The van der Waals surface area contributed by atoms with Gasteiger partial charge in [0.25, 0.3) is 0 Å². The Morgan fingerprint density at radius 2 is 1.96 bits per heavy atom. The topological polar surface area (TPSA) is 66.5 Å². The Kier molecular flexibility index (Phi) is 5.76. The summed E-state index contributed by atoms with van der Waals surface area (Å²) in [6, 6.07) is 13.8. The molecule has 1 aromatic carbocycles. The number of morpholine rings is 1. The zero-order valence-electron chi connectivity index (χ0n) is 13.5. The fourth-order valence-electron chi connectivity index (χ4n) is 2.82.